The van der Waals surface area contributed by atoms with Crippen molar-refractivity contribution in [3.8, 4) is 0 Å². The summed E-state index contributed by atoms with van der Waals surface area (Å²) < 4.78 is 0. The predicted octanol–water partition coefficient (Wildman–Crippen LogP) is 4.26. The van der Waals surface area contributed by atoms with E-state index >= 15 is 0 Å². The molecule has 92 valence electrons. The second-order valence-corrected chi connectivity index (χ2v) is 5.35. The molecule has 0 N–H and O–H groups in total. The van der Waals surface area contributed by atoms with Gasteiger partial charge in [-0.05, 0) is 46.2 Å². The van der Waals surface area contributed by atoms with Crippen LogP contribution in [0, 0.1) is 5.92 Å². The van der Waals surface area contributed by atoms with Crippen LogP contribution in [0.1, 0.15) is 34.1 Å². The van der Waals surface area contributed by atoms with Gasteiger partial charge in [-0.2, -0.15) is 0 Å². The third-order valence-corrected chi connectivity index (χ3v) is 4.19. The van der Waals surface area contributed by atoms with Crippen LogP contribution >= 0.6 is 0 Å². The molecule has 0 saturated carbocycles. The van der Waals surface area contributed by atoms with E-state index in [1.807, 2.05) is 0 Å². The Labute approximate surface area is 105 Å². The van der Waals surface area contributed by atoms with Crippen molar-refractivity contribution in [2.24, 2.45) is 5.92 Å². The van der Waals surface area contributed by atoms with Crippen molar-refractivity contribution >= 4 is 5.69 Å². The van der Waals surface area contributed by atoms with E-state index in [1.165, 1.54) is 24.2 Å². The number of nitrogens with zero attached hydrogens (tertiary/aromatic N) is 1. The summed E-state index contributed by atoms with van der Waals surface area (Å²) in [6.07, 6.45) is 1.28. The minimum atomic E-state index is 0.618. The molecule has 0 amide bonds. The Bertz CT molecular complexity index is 401. The maximum absolute atomic E-state index is 2.54. The lowest BCUT2D eigenvalue weighted by Crippen LogP contribution is -2.30. The van der Waals surface area contributed by atoms with E-state index in [0.29, 0.717) is 6.04 Å². The van der Waals surface area contributed by atoms with Crippen LogP contribution in [0.4, 0.5) is 5.69 Å². The van der Waals surface area contributed by atoms with Crippen molar-refractivity contribution in [3.63, 3.8) is 0 Å². The Hall–Kier alpha value is -1.24. The topological polar surface area (TPSA) is 3.24 Å². The zero-order valence-electron chi connectivity index (χ0n) is 11.4. The van der Waals surface area contributed by atoms with Gasteiger partial charge in [-0.25, -0.2) is 0 Å². The maximum Gasteiger partial charge on any atom is 0.0368 e. The molecule has 1 heteroatoms. The van der Waals surface area contributed by atoms with Crippen LogP contribution in [0.3, 0.4) is 0 Å². The summed E-state index contributed by atoms with van der Waals surface area (Å²) >= 11 is 0. The van der Waals surface area contributed by atoms with E-state index in [-0.39, 0.29) is 0 Å². The first-order valence-corrected chi connectivity index (χ1v) is 6.57. The second-order valence-electron chi connectivity index (χ2n) is 5.35. The smallest absolute Gasteiger partial charge is 0.0368 e. The fraction of sp³-hybridized carbons (Fsp3) is 0.500. The van der Waals surface area contributed by atoms with Crippen LogP contribution in [-0.4, -0.2) is 12.6 Å². The van der Waals surface area contributed by atoms with Crippen LogP contribution in [0.5, 0.6) is 0 Å². The average molecular weight is 229 g/mol. The molecule has 1 fully saturated rings. The molecule has 1 aliphatic heterocycles. The van der Waals surface area contributed by atoms with Gasteiger partial charge in [-0.1, -0.05) is 29.3 Å². The predicted molar refractivity (Wildman–Crippen MR) is 75.4 cm³/mol. The Morgan fingerprint density at radius 1 is 1.12 bits per heavy atom. The van der Waals surface area contributed by atoms with Crippen molar-refractivity contribution in [1.82, 2.24) is 0 Å². The van der Waals surface area contributed by atoms with Crippen molar-refractivity contribution in [1.29, 1.82) is 0 Å². The summed E-state index contributed by atoms with van der Waals surface area (Å²) in [4.78, 5) is 2.54. The van der Waals surface area contributed by atoms with Gasteiger partial charge in [-0.15, -0.1) is 0 Å². The van der Waals surface area contributed by atoms with E-state index in [9.17, 15) is 0 Å². The highest BCUT2D eigenvalue weighted by Gasteiger charge is 2.31. The molecular weight excluding hydrogens is 206 g/mol. The molecule has 0 aliphatic carbocycles. The van der Waals surface area contributed by atoms with Crippen LogP contribution < -0.4 is 4.90 Å². The summed E-state index contributed by atoms with van der Waals surface area (Å²) in [5.74, 6) is 0.722. The lowest BCUT2D eigenvalue weighted by atomic mass is 9.91. The molecule has 0 spiro atoms. The van der Waals surface area contributed by atoms with E-state index in [2.05, 4.69) is 62.9 Å². The van der Waals surface area contributed by atoms with Crippen molar-refractivity contribution in [2.45, 2.75) is 40.2 Å². The third kappa shape index (κ3) is 2.38. The average Bonchev–Trinajstić information content (AvgIpc) is 2.71. The van der Waals surface area contributed by atoms with Gasteiger partial charge >= 0.3 is 0 Å². The van der Waals surface area contributed by atoms with Crippen LogP contribution in [0.25, 0.3) is 0 Å². The zero-order chi connectivity index (χ0) is 12.4. The van der Waals surface area contributed by atoms with Gasteiger partial charge in [0, 0.05) is 24.2 Å². The number of rotatable bonds is 2. The Balaban J connectivity index is 2.19. The van der Waals surface area contributed by atoms with E-state index in [1.54, 1.807) is 5.57 Å². The highest BCUT2D eigenvalue weighted by Crippen LogP contribution is 2.34. The van der Waals surface area contributed by atoms with Crippen molar-refractivity contribution < 1.29 is 0 Å². The van der Waals surface area contributed by atoms with Gasteiger partial charge in [-0.3, -0.25) is 0 Å². The molecule has 1 heterocycles. The first kappa shape index (κ1) is 12.2. The fourth-order valence-electron chi connectivity index (χ4n) is 2.87. The molecule has 1 saturated heterocycles. The lowest BCUT2D eigenvalue weighted by Gasteiger charge is -2.27. The summed E-state index contributed by atoms with van der Waals surface area (Å²) in [5.41, 5.74) is 4.43. The molecule has 0 bridgehead atoms. The van der Waals surface area contributed by atoms with Gasteiger partial charge in [0.15, 0.2) is 0 Å². The zero-order valence-corrected chi connectivity index (χ0v) is 11.4. The van der Waals surface area contributed by atoms with Gasteiger partial charge in [0.2, 0.25) is 0 Å². The van der Waals surface area contributed by atoms with Crippen molar-refractivity contribution in [3.05, 3.63) is 41.5 Å². The molecule has 1 aliphatic rings. The molecular formula is C16H23N. The summed E-state index contributed by atoms with van der Waals surface area (Å²) in [6.45, 7) is 10.3. The molecule has 1 aromatic carbocycles. The highest BCUT2D eigenvalue weighted by atomic mass is 15.2. The van der Waals surface area contributed by atoms with Crippen molar-refractivity contribution in [2.75, 3.05) is 11.4 Å². The molecule has 0 unspecified atom stereocenters. The van der Waals surface area contributed by atoms with Crippen LogP contribution in [0.15, 0.2) is 41.5 Å². The molecule has 0 radical (unpaired) electrons. The number of anilines is 1. The summed E-state index contributed by atoms with van der Waals surface area (Å²) in [6, 6.07) is 11.4. The molecule has 1 aromatic rings. The molecule has 2 atom stereocenters. The lowest BCUT2D eigenvalue weighted by molar-refractivity contribution is 0.567. The minimum absolute atomic E-state index is 0.618. The van der Waals surface area contributed by atoms with Gasteiger partial charge in [0.1, 0.15) is 0 Å². The monoisotopic (exact) mass is 229 g/mol. The largest absolute Gasteiger partial charge is 0.368 e. The normalized spacial score (nSPS) is 23.9. The van der Waals surface area contributed by atoms with Gasteiger partial charge in [0.25, 0.3) is 0 Å². The summed E-state index contributed by atoms with van der Waals surface area (Å²) in [5, 5.41) is 0. The first-order chi connectivity index (χ1) is 8.11. The Morgan fingerprint density at radius 2 is 1.76 bits per heavy atom. The minimum Gasteiger partial charge on any atom is -0.368 e. The summed E-state index contributed by atoms with van der Waals surface area (Å²) in [7, 11) is 0. The number of benzene rings is 1. The SMILES string of the molecule is CC(C)=C(C)[C@@H]1CCN(c2ccccc2)[C@H]1C. The van der Waals surface area contributed by atoms with E-state index < -0.39 is 0 Å². The third-order valence-electron chi connectivity index (χ3n) is 4.19. The van der Waals surface area contributed by atoms with Gasteiger partial charge < -0.3 is 4.90 Å². The molecule has 2 rings (SSSR count). The highest BCUT2D eigenvalue weighted by molar-refractivity contribution is 5.49. The fourth-order valence-corrected chi connectivity index (χ4v) is 2.87. The number of hydrogen-bond donors (Lipinski definition) is 0. The second kappa shape index (κ2) is 4.95. The molecule has 1 nitrogen and oxygen atoms in total. The van der Waals surface area contributed by atoms with E-state index in [0.717, 1.165) is 5.92 Å². The number of para-hydroxylation sites is 1. The Kier molecular flexibility index (Phi) is 3.56. The number of allylic oxidation sites excluding steroid dienone is 1. The Morgan fingerprint density at radius 3 is 2.35 bits per heavy atom. The standard InChI is InChI=1S/C16H23N/c1-12(2)13(3)16-10-11-17(14(16)4)15-8-6-5-7-9-15/h5-9,14,16H,10-11H2,1-4H3/t14-,16-/m0/s1. The van der Waals surface area contributed by atoms with Crippen LogP contribution in [0.2, 0.25) is 0 Å². The van der Waals surface area contributed by atoms with E-state index in [4.69, 9.17) is 0 Å². The van der Waals surface area contributed by atoms with Crippen LogP contribution in [-0.2, 0) is 0 Å². The molecule has 0 aromatic heterocycles. The quantitative estimate of drug-likeness (QED) is 0.685. The maximum atomic E-state index is 2.54. The molecule has 17 heavy (non-hydrogen) atoms. The number of hydrogen-bond acceptors (Lipinski definition) is 1. The first-order valence-electron chi connectivity index (χ1n) is 6.57. The van der Waals surface area contributed by atoms with Gasteiger partial charge in [0.05, 0.1) is 0 Å².